The molecule has 0 saturated carbocycles. The fourth-order valence-corrected chi connectivity index (χ4v) is 2.53. The number of carbonyl (C=O) groups is 2. The van der Waals surface area contributed by atoms with E-state index in [0.717, 1.165) is 0 Å². The molecule has 1 aromatic rings. The first kappa shape index (κ1) is 13.9. The van der Waals surface area contributed by atoms with E-state index in [1.807, 2.05) is 0 Å². The van der Waals surface area contributed by atoms with Gasteiger partial charge < -0.3 is 15.1 Å². The van der Waals surface area contributed by atoms with Crippen molar-refractivity contribution in [2.24, 2.45) is 5.92 Å². The number of hydrogen-bond donors (Lipinski definition) is 2. The van der Waals surface area contributed by atoms with E-state index in [2.05, 4.69) is 15.9 Å². The summed E-state index contributed by atoms with van der Waals surface area (Å²) >= 11 is 3.22. The monoisotopic (exact) mass is 327 g/mol. The van der Waals surface area contributed by atoms with Crippen LogP contribution in [0, 0.1) is 5.92 Å². The van der Waals surface area contributed by atoms with Gasteiger partial charge in [0.15, 0.2) is 0 Å². The lowest BCUT2D eigenvalue weighted by molar-refractivity contribution is -0.143. The van der Waals surface area contributed by atoms with Crippen LogP contribution in [-0.2, 0) is 4.79 Å². The lowest BCUT2D eigenvalue weighted by Gasteiger charge is -2.30. The molecule has 1 fully saturated rings. The Kier molecular flexibility index (Phi) is 4.09. The summed E-state index contributed by atoms with van der Waals surface area (Å²) < 4.78 is 0.700. The number of piperidine rings is 1. The van der Waals surface area contributed by atoms with Crippen LogP contribution in [0.1, 0.15) is 23.2 Å². The SMILES string of the molecule is O=C(O)C1CCN(C(=O)c2ccc(Br)cc2O)CC1. The number of carbonyl (C=O) groups excluding carboxylic acids is 1. The smallest absolute Gasteiger partial charge is 0.306 e. The van der Waals surface area contributed by atoms with E-state index in [4.69, 9.17) is 5.11 Å². The normalized spacial score (nSPS) is 16.4. The fraction of sp³-hybridized carbons (Fsp3) is 0.385. The van der Waals surface area contributed by atoms with Crippen molar-refractivity contribution in [3.05, 3.63) is 28.2 Å². The van der Waals surface area contributed by atoms with Crippen LogP contribution in [0.4, 0.5) is 0 Å². The van der Waals surface area contributed by atoms with Crippen molar-refractivity contribution in [2.45, 2.75) is 12.8 Å². The van der Waals surface area contributed by atoms with Crippen LogP contribution < -0.4 is 0 Å². The summed E-state index contributed by atoms with van der Waals surface area (Å²) in [6.45, 7) is 0.816. The van der Waals surface area contributed by atoms with Crippen molar-refractivity contribution in [3.63, 3.8) is 0 Å². The number of hydrogen-bond acceptors (Lipinski definition) is 3. The van der Waals surface area contributed by atoms with Crippen LogP contribution >= 0.6 is 15.9 Å². The molecular formula is C13H14BrNO4. The number of halogens is 1. The highest BCUT2D eigenvalue weighted by atomic mass is 79.9. The van der Waals surface area contributed by atoms with Crippen LogP contribution in [0.25, 0.3) is 0 Å². The molecule has 1 aliphatic heterocycles. The molecule has 102 valence electrons. The maximum atomic E-state index is 12.2. The molecule has 6 heteroatoms. The van der Waals surface area contributed by atoms with Gasteiger partial charge >= 0.3 is 5.97 Å². The molecule has 0 radical (unpaired) electrons. The first-order valence-corrected chi connectivity index (χ1v) is 6.79. The van der Waals surface area contributed by atoms with Crippen molar-refractivity contribution >= 4 is 27.8 Å². The van der Waals surface area contributed by atoms with Gasteiger partial charge in [0.1, 0.15) is 5.75 Å². The first-order chi connectivity index (χ1) is 8.99. The minimum atomic E-state index is -0.807. The highest BCUT2D eigenvalue weighted by Crippen LogP contribution is 2.25. The van der Waals surface area contributed by atoms with Crippen molar-refractivity contribution in [3.8, 4) is 5.75 Å². The van der Waals surface area contributed by atoms with E-state index < -0.39 is 5.97 Å². The van der Waals surface area contributed by atoms with E-state index in [0.29, 0.717) is 30.4 Å². The third-order valence-corrected chi connectivity index (χ3v) is 3.81. The summed E-state index contributed by atoms with van der Waals surface area (Å²) in [7, 11) is 0. The number of rotatable bonds is 2. The Hall–Kier alpha value is -1.56. The van der Waals surface area contributed by atoms with E-state index in [9.17, 15) is 14.7 Å². The fourth-order valence-electron chi connectivity index (χ4n) is 2.19. The predicted molar refractivity (Wildman–Crippen MR) is 72.1 cm³/mol. The number of nitrogens with zero attached hydrogens (tertiary/aromatic N) is 1. The van der Waals surface area contributed by atoms with Gasteiger partial charge in [-0.2, -0.15) is 0 Å². The molecule has 0 atom stereocenters. The number of carboxylic acids is 1. The number of aliphatic carboxylic acids is 1. The third kappa shape index (κ3) is 3.07. The minimum absolute atomic E-state index is 0.0697. The molecule has 1 aromatic carbocycles. The van der Waals surface area contributed by atoms with Gasteiger partial charge in [-0.15, -0.1) is 0 Å². The summed E-state index contributed by atoms with van der Waals surface area (Å²) in [5, 5.41) is 18.7. The van der Waals surface area contributed by atoms with E-state index >= 15 is 0 Å². The number of aromatic hydroxyl groups is 1. The predicted octanol–water partition coefficient (Wildman–Crippen LogP) is 2.09. The van der Waals surface area contributed by atoms with E-state index in [1.165, 1.54) is 6.07 Å². The number of amides is 1. The molecule has 5 nitrogen and oxygen atoms in total. The van der Waals surface area contributed by atoms with Gasteiger partial charge in [0, 0.05) is 17.6 Å². The molecule has 19 heavy (non-hydrogen) atoms. The Morgan fingerprint density at radius 1 is 1.26 bits per heavy atom. The second-order valence-corrected chi connectivity index (χ2v) is 5.48. The summed E-state index contributed by atoms with van der Waals surface area (Å²) in [6.07, 6.45) is 0.913. The van der Waals surface area contributed by atoms with Crippen molar-refractivity contribution in [2.75, 3.05) is 13.1 Å². The van der Waals surface area contributed by atoms with Gasteiger partial charge in [-0.3, -0.25) is 9.59 Å². The summed E-state index contributed by atoms with van der Waals surface area (Å²) in [6, 6.07) is 4.72. The van der Waals surface area contributed by atoms with Crippen molar-refractivity contribution in [1.82, 2.24) is 4.90 Å². The molecule has 0 aromatic heterocycles. The van der Waals surface area contributed by atoms with Crippen LogP contribution in [-0.4, -0.2) is 40.1 Å². The van der Waals surface area contributed by atoms with Crippen LogP contribution in [0.3, 0.4) is 0 Å². The summed E-state index contributed by atoms with van der Waals surface area (Å²) in [5.74, 6) is -1.50. The topological polar surface area (TPSA) is 77.8 Å². The van der Waals surface area contributed by atoms with Gasteiger partial charge in [0.05, 0.1) is 11.5 Å². The largest absolute Gasteiger partial charge is 0.507 e. The lowest BCUT2D eigenvalue weighted by Crippen LogP contribution is -2.40. The molecular weight excluding hydrogens is 314 g/mol. The second-order valence-electron chi connectivity index (χ2n) is 4.57. The average Bonchev–Trinajstić information content (AvgIpc) is 2.38. The summed E-state index contributed by atoms with van der Waals surface area (Å²) in [4.78, 5) is 24.6. The molecule has 1 aliphatic rings. The number of phenolic OH excluding ortho intramolecular Hbond substituents is 1. The van der Waals surface area contributed by atoms with Gasteiger partial charge in [0.2, 0.25) is 0 Å². The van der Waals surface area contributed by atoms with E-state index in [1.54, 1.807) is 17.0 Å². The Bertz CT molecular complexity index is 509. The number of carboxylic acid groups (broad SMARTS) is 1. The van der Waals surface area contributed by atoms with Gasteiger partial charge in [-0.1, -0.05) is 15.9 Å². The van der Waals surface area contributed by atoms with E-state index in [-0.39, 0.29) is 23.1 Å². The van der Waals surface area contributed by atoms with Crippen LogP contribution in [0.5, 0.6) is 5.75 Å². The standard InChI is InChI=1S/C13H14BrNO4/c14-9-1-2-10(11(16)7-9)12(17)15-5-3-8(4-6-15)13(18)19/h1-2,7-8,16H,3-6H2,(H,18,19). The Balaban J connectivity index is 2.07. The Morgan fingerprint density at radius 2 is 1.89 bits per heavy atom. The Labute approximate surface area is 119 Å². The number of benzene rings is 1. The second kappa shape index (κ2) is 5.61. The quantitative estimate of drug-likeness (QED) is 0.871. The first-order valence-electron chi connectivity index (χ1n) is 5.99. The zero-order chi connectivity index (χ0) is 14.0. The zero-order valence-electron chi connectivity index (χ0n) is 10.2. The highest BCUT2D eigenvalue weighted by molar-refractivity contribution is 9.10. The van der Waals surface area contributed by atoms with Gasteiger partial charge in [0.25, 0.3) is 5.91 Å². The zero-order valence-corrected chi connectivity index (χ0v) is 11.8. The molecule has 2 N–H and O–H groups in total. The molecule has 0 spiro atoms. The molecule has 1 amide bonds. The summed E-state index contributed by atoms with van der Waals surface area (Å²) in [5.41, 5.74) is 0.247. The van der Waals surface area contributed by atoms with Gasteiger partial charge in [-0.25, -0.2) is 0 Å². The molecule has 0 bridgehead atoms. The molecule has 1 saturated heterocycles. The molecule has 0 unspecified atom stereocenters. The van der Waals surface area contributed by atoms with Crippen LogP contribution in [0.2, 0.25) is 0 Å². The third-order valence-electron chi connectivity index (χ3n) is 3.32. The number of likely N-dealkylation sites (tertiary alicyclic amines) is 1. The van der Waals surface area contributed by atoms with Crippen LogP contribution in [0.15, 0.2) is 22.7 Å². The maximum Gasteiger partial charge on any atom is 0.306 e. The van der Waals surface area contributed by atoms with Crippen molar-refractivity contribution in [1.29, 1.82) is 0 Å². The molecule has 2 rings (SSSR count). The minimum Gasteiger partial charge on any atom is -0.507 e. The lowest BCUT2D eigenvalue weighted by atomic mass is 9.96. The number of phenols is 1. The maximum absolute atomic E-state index is 12.2. The van der Waals surface area contributed by atoms with Crippen molar-refractivity contribution < 1.29 is 19.8 Å². The highest BCUT2D eigenvalue weighted by Gasteiger charge is 2.28. The molecule has 0 aliphatic carbocycles. The Morgan fingerprint density at radius 3 is 2.42 bits per heavy atom. The average molecular weight is 328 g/mol. The molecule has 1 heterocycles. The van der Waals surface area contributed by atoms with Gasteiger partial charge in [-0.05, 0) is 31.0 Å².